The summed E-state index contributed by atoms with van der Waals surface area (Å²) in [6, 6.07) is 10.5. The van der Waals surface area contributed by atoms with Crippen molar-refractivity contribution in [3.05, 3.63) is 70.9 Å². The Hall–Kier alpha value is -2.60. The van der Waals surface area contributed by atoms with E-state index < -0.39 is 0 Å². The lowest BCUT2D eigenvalue weighted by atomic mass is 10.1. The van der Waals surface area contributed by atoms with E-state index in [4.69, 9.17) is 0 Å². The molecule has 0 aliphatic heterocycles. The van der Waals surface area contributed by atoms with Gasteiger partial charge in [0.2, 0.25) is 0 Å². The third-order valence-electron chi connectivity index (χ3n) is 4.13. The molecule has 3 rings (SSSR count). The van der Waals surface area contributed by atoms with Gasteiger partial charge in [-0.2, -0.15) is 11.3 Å². The number of hydrogen-bond donors (Lipinski definition) is 2. The van der Waals surface area contributed by atoms with Gasteiger partial charge in [0.25, 0.3) is 0 Å². The molecule has 0 aliphatic rings. The number of nitrogens with zero attached hydrogens (tertiary/aromatic N) is 3. The molecule has 1 unspecified atom stereocenters. The normalized spacial score (nSPS) is 12.8. The highest BCUT2D eigenvalue weighted by Gasteiger charge is 2.08. The molecule has 2 heterocycles. The SMILES string of the molecule is CN=C(NCc1ccccc1-n1ccnc1)NCC(C)c1ccsc1. The van der Waals surface area contributed by atoms with Crippen LogP contribution in [0.25, 0.3) is 5.69 Å². The fourth-order valence-corrected chi connectivity index (χ4v) is 3.42. The van der Waals surface area contributed by atoms with Crippen LogP contribution in [0.4, 0.5) is 0 Å². The number of rotatable bonds is 6. The Labute approximate surface area is 152 Å². The van der Waals surface area contributed by atoms with Crippen molar-refractivity contribution < 1.29 is 0 Å². The van der Waals surface area contributed by atoms with Crippen LogP contribution in [0.15, 0.2) is 64.8 Å². The summed E-state index contributed by atoms with van der Waals surface area (Å²) < 4.78 is 2.02. The van der Waals surface area contributed by atoms with Gasteiger partial charge in [-0.25, -0.2) is 4.98 Å². The molecule has 1 aromatic carbocycles. The Bertz CT molecular complexity index is 793. The lowest BCUT2D eigenvalue weighted by molar-refractivity contribution is 0.700. The van der Waals surface area contributed by atoms with Crippen LogP contribution in [0.5, 0.6) is 0 Å². The minimum absolute atomic E-state index is 0.447. The van der Waals surface area contributed by atoms with Gasteiger partial charge in [-0.1, -0.05) is 25.1 Å². The molecule has 0 aliphatic carbocycles. The van der Waals surface area contributed by atoms with E-state index in [2.05, 4.69) is 56.5 Å². The van der Waals surface area contributed by atoms with Gasteiger partial charge in [-0.3, -0.25) is 4.99 Å². The summed E-state index contributed by atoms with van der Waals surface area (Å²) in [4.78, 5) is 8.46. The highest BCUT2D eigenvalue weighted by atomic mass is 32.1. The Morgan fingerprint density at radius 1 is 1.28 bits per heavy atom. The van der Waals surface area contributed by atoms with Crippen molar-refractivity contribution in [2.75, 3.05) is 13.6 Å². The first kappa shape index (κ1) is 17.2. The molecule has 1 atom stereocenters. The number of hydrogen-bond acceptors (Lipinski definition) is 3. The molecule has 0 amide bonds. The minimum atomic E-state index is 0.447. The monoisotopic (exact) mass is 353 g/mol. The largest absolute Gasteiger partial charge is 0.356 e. The first-order chi connectivity index (χ1) is 12.3. The maximum Gasteiger partial charge on any atom is 0.191 e. The fraction of sp³-hybridized carbons (Fsp3) is 0.263. The van der Waals surface area contributed by atoms with Gasteiger partial charge in [-0.15, -0.1) is 0 Å². The van der Waals surface area contributed by atoms with E-state index in [1.165, 1.54) is 11.1 Å². The molecule has 0 bridgehead atoms. The molecule has 0 radical (unpaired) electrons. The van der Waals surface area contributed by atoms with Crippen molar-refractivity contribution in [3.63, 3.8) is 0 Å². The molecule has 3 aromatic rings. The van der Waals surface area contributed by atoms with Crippen molar-refractivity contribution in [1.29, 1.82) is 0 Å². The summed E-state index contributed by atoms with van der Waals surface area (Å²) in [7, 11) is 1.80. The van der Waals surface area contributed by atoms with E-state index in [1.54, 1.807) is 24.6 Å². The number of benzene rings is 1. The molecular weight excluding hydrogens is 330 g/mol. The predicted molar refractivity (Wildman–Crippen MR) is 104 cm³/mol. The smallest absolute Gasteiger partial charge is 0.191 e. The standard InChI is InChI=1S/C19H23N5S/c1-15(17-7-10-25-13-17)11-22-19(20-2)23-12-16-5-3-4-6-18(16)24-9-8-21-14-24/h3-10,13-15H,11-12H2,1-2H3,(H2,20,22,23). The molecule has 6 heteroatoms. The second-order valence-corrected chi connectivity index (χ2v) is 6.64. The Kier molecular flexibility index (Phi) is 5.85. The predicted octanol–water partition coefficient (Wildman–Crippen LogP) is 3.40. The second kappa shape index (κ2) is 8.48. The topological polar surface area (TPSA) is 54.2 Å². The highest BCUT2D eigenvalue weighted by Crippen LogP contribution is 2.17. The summed E-state index contributed by atoms with van der Waals surface area (Å²) >= 11 is 1.73. The van der Waals surface area contributed by atoms with Crippen LogP contribution >= 0.6 is 11.3 Å². The molecule has 130 valence electrons. The maximum atomic E-state index is 4.33. The van der Waals surface area contributed by atoms with Crippen LogP contribution < -0.4 is 10.6 Å². The number of imidazole rings is 1. The molecular formula is C19H23N5S. The Balaban J connectivity index is 1.59. The van der Waals surface area contributed by atoms with Crippen LogP contribution in [0.2, 0.25) is 0 Å². The van der Waals surface area contributed by atoms with Crippen LogP contribution in [-0.4, -0.2) is 29.1 Å². The second-order valence-electron chi connectivity index (χ2n) is 5.86. The molecule has 0 saturated carbocycles. The van der Waals surface area contributed by atoms with E-state index in [-0.39, 0.29) is 0 Å². The summed E-state index contributed by atoms with van der Waals surface area (Å²) in [5.41, 5.74) is 3.67. The van der Waals surface area contributed by atoms with Gasteiger partial charge in [0.1, 0.15) is 0 Å². The number of nitrogens with one attached hydrogen (secondary N) is 2. The van der Waals surface area contributed by atoms with Gasteiger partial charge >= 0.3 is 0 Å². The van der Waals surface area contributed by atoms with Crippen LogP contribution in [0, 0.1) is 0 Å². The van der Waals surface area contributed by atoms with Gasteiger partial charge in [0.15, 0.2) is 5.96 Å². The molecule has 25 heavy (non-hydrogen) atoms. The molecule has 2 N–H and O–H groups in total. The third-order valence-corrected chi connectivity index (χ3v) is 4.83. The van der Waals surface area contributed by atoms with Gasteiger partial charge in [0, 0.05) is 32.5 Å². The minimum Gasteiger partial charge on any atom is -0.356 e. The average molecular weight is 353 g/mol. The van der Waals surface area contributed by atoms with Crippen molar-refractivity contribution >= 4 is 17.3 Å². The first-order valence-corrected chi connectivity index (χ1v) is 9.25. The fourth-order valence-electron chi connectivity index (χ4n) is 2.64. The van der Waals surface area contributed by atoms with Crippen molar-refractivity contribution in [2.45, 2.75) is 19.4 Å². The van der Waals surface area contributed by atoms with E-state index in [0.717, 1.165) is 18.2 Å². The zero-order valence-electron chi connectivity index (χ0n) is 14.5. The van der Waals surface area contributed by atoms with Crippen molar-refractivity contribution in [1.82, 2.24) is 20.2 Å². The lowest BCUT2D eigenvalue weighted by Gasteiger charge is -2.17. The van der Waals surface area contributed by atoms with E-state index in [1.807, 2.05) is 29.2 Å². The number of para-hydroxylation sites is 1. The van der Waals surface area contributed by atoms with Gasteiger partial charge in [0.05, 0.1) is 12.0 Å². The van der Waals surface area contributed by atoms with Crippen LogP contribution in [0.3, 0.4) is 0 Å². The molecule has 0 fully saturated rings. The molecule has 0 spiro atoms. The summed E-state index contributed by atoms with van der Waals surface area (Å²) in [6.45, 7) is 3.76. The molecule has 0 saturated heterocycles. The van der Waals surface area contributed by atoms with Crippen LogP contribution in [0.1, 0.15) is 24.0 Å². The molecule has 2 aromatic heterocycles. The summed E-state index contributed by atoms with van der Waals surface area (Å²) in [5.74, 6) is 1.26. The average Bonchev–Trinajstić information content (AvgIpc) is 3.35. The number of aliphatic imine (C=N–C) groups is 1. The molecule has 5 nitrogen and oxygen atoms in total. The third kappa shape index (κ3) is 4.48. The van der Waals surface area contributed by atoms with Gasteiger partial charge in [-0.05, 0) is 39.9 Å². The first-order valence-electron chi connectivity index (χ1n) is 8.30. The zero-order valence-corrected chi connectivity index (χ0v) is 15.3. The van der Waals surface area contributed by atoms with E-state index in [9.17, 15) is 0 Å². The Morgan fingerprint density at radius 3 is 2.88 bits per heavy atom. The van der Waals surface area contributed by atoms with Gasteiger partial charge < -0.3 is 15.2 Å². The van der Waals surface area contributed by atoms with Crippen molar-refractivity contribution in [3.8, 4) is 5.69 Å². The number of guanidine groups is 1. The summed E-state index contributed by atoms with van der Waals surface area (Å²) in [6.07, 6.45) is 5.55. The number of thiophene rings is 1. The maximum absolute atomic E-state index is 4.33. The zero-order chi connectivity index (χ0) is 17.5. The van der Waals surface area contributed by atoms with Crippen LogP contribution in [-0.2, 0) is 6.54 Å². The van der Waals surface area contributed by atoms with E-state index in [0.29, 0.717) is 12.5 Å². The quantitative estimate of drug-likeness (QED) is 0.527. The Morgan fingerprint density at radius 2 is 2.16 bits per heavy atom. The van der Waals surface area contributed by atoms with Crippen molar-refractivity contribution in [2.24, 2.45) is 4.99 Å². The highest BCUT2D eigenvalue weighted by molar-refractivity contribution is 7.07. The number of aromatic nitrogens is 2. The van der Waals surface area contributed by atoms with E-state index >= 15 is 0 Å². The summed E-state index contributed by atoms with van der Waals surface area (Å²) in [5, 5.41) is 11.1. The lowest BCUT2D eigenvalue weighted by Crippen LogP contribution is -2.38.